The third-order valence-electron chi connectivity index (χ3n) is 4.53. The molecule has 1 unspecified atom stereocenters. The van der Waals surface area contributed by atoms with Crippen LogP contribution in [0.3, 0.4) is 0 Å². The summed E-state index contributed by atoms with van der Waals surface area (Å²) in [5, 5.41) is 11.9. The molecule has 0 saturated carbocycles. The molecule has 0 bridgehead atoms. The first-order valence-corrected chi connectivity index (χ1v) is 9.43. The molecule has 3 rings (SSSR count). The van der Waals surface area contributed by atoms with E-state index in [0.717, 1.165) is 0 Å². The van der Waals surface area contributed by atoms with Crippen molar-refractivity contribution >= 4 is 11.8 Å². The summed E-state index contributed by atoms with van der Waals surface area (Å²) in [7, 11) is 0. The predicted octanol–water partition coefficient (Wildman–Crippen LogP) is 1.99. The number of nitrogens with zero attached hydrogens (tertiary/aromatic N) is 3. The maximum absolute atomic E-state index is 12.8. The van der Waals surface area contributed by atoms with Crippen LogP contribution >= 0.6 is 0 Å². The van der Waals surface area contributed by atoms with Crippen LogP contribution in [-0.2, 0) is 13.1 Å². The van der Waals surface area contributed by atoms with Gasteiger partial charge in [-0.2, -0.15) is 13.2 Å². The van der Waals surface area contributed by atoms with Gasteiger partial charge in [0, 0.05) is 48.7 Å². The number of carbonyl (C=O) groups excluding carboxylic acids is 2. The smallest absolute Gasteiger partial charge is 0.422 e. The quantitative estimate of drug-likeness (QED) is 0.685. The number of aromatic nitrogens is 2. The lowest BCUT2D eigenvalue weighted by Gasteiger charge is -2.17. The fourth-order valence-corrected chi connectivity index (χ4v) is 3.16. The van der Waals surface area contributed by atoms with Crippen LogP contribution in [0.1, 0.15) is 44.5 Å². The highest BCUT2D eigenvalue weighted by atomic mass is 19.4. The molecule has 1 atom stereocenters. The van der Waals surface area contributed by atoms with Gasteiger partial charge in [-0.05, 0) is 31.5 Å². The van der Waals surface area contributed by atoms with Gasteiger partial charge in [-0.25, -0.2) is 4.98 Å². The van der Waals surface area contributed by atoms with Gasteiger partial charge in [0.25, 0.3) is 11.8 Å². The summed E-state index contributed by atoms with van der Waals surface area (Å²) < 4.78 is 41.7. The SMILES string of the molecule is Cc1cc(CN2Cc3c(ccnc3C(=O)NCC(C)O)C2=O)cnc1OCC(F)(F)F. The van der Waals surface area contributed by atoms with E-state index in [1.54, 1.807) is 13.0 Å². The largest absolute Gasteiger partial charge is 0.468 e. The average molecular weight is 438 g/mol. The zero-order chi connectivity index (χ0) is 22.8. The fourth-order valence-electron chi connectivity index (χ4n) is 3.16. The van der Waals surface area contributed by atoms with Crippen LogP contribution < -0.4 is 10.1 Å². The van der Waals surface area contributed by atoms with Crippen LogP contribution in [0.2, 0.25) is 0 Å². The first-order valence-electron chi connectivity index (χ1n) is 9.43. The Balaban J connectivity index is 1.72. The highest BCUT2D eigenvalue weighted by molar-refractivity contribution is 6.03. The summed E-state index contributed by atoms with van der Waals surface area (Å²) >= 11 is 0. The number of hydrogen-bond donors (Lipinski definition) is 2. The maximum atomic E-state index is 12.8. The molecule has 0 fully saturated rings. The van der Waals surface area contributed by atoms with E-state index in [1.165, 1.54) is 30.3 Å². The molecular weight excluding hydrogens is 417 g/mol. The number of halogens is 3. The molecule has 0 aliphatic carbocycles. The molecule has 0 radical (unpaired) electrons. The predicted molar refractivity (Wildman–Crippen MR) is 102 cm³/mol. The van der Waals surface area contributed by atoms with Gasteiger partial charge in [0.15, 0.2) is 6.61 Å². The van der Waals surface area contributed by atoms with Crippen molar-refractivity contribution in [3.63, 3.8) is 0 Å². The van der Waals surface area contributed by atoms with Crippen LogP contribution in [0.5, 0.6) is 5.88 Å². The first-order chi connectivity index (χ1) is 14.5. The lowest BCUT2D eigenvalue weighted by atomic mass is 10.1. The minimum absolute atomic E-state index is 0.0511. The summed E-state index contributed by atoms with van der Waals surface area (Å²) in [5.41, 5.74) is 1.95. The number of alkyl halides is 3. The lowest BCUT2D eigenvalue weighted by molar-refractivity contribution is -0.154. The van der Waals surface area contributed by atoms with Gasteiger partial charge in [0.1, 0.15) is 5.69 Å². The Kier molecular flexibility index (Phi) is 6.44. The van der Waals surface area contributed by atoms with Crippen molar-refractivity contribution in [3.05, 3.63) is 52.5 Å². The summed E-state index contributed by atoms with van der Waals surface area (Å²) in [5.74, 6) is -0.911. The Morgan fingerprint density at radius 3 is 2.77 bits per heavy atom. The van der Waals surface area contributed by atoms with Crippen molar-refractivity contribution in [3.8, 4) is 5.88 Å². The zero-order valence-corrected chi connectivity index (χ0v) is 16.9. The fraction of sp³-hybridized carbons (Fsp3) is 0.400. The van der Waals surface area contributed by atoms with Gasteiger partial charge in [0.05, 0.1) is 6.10 Å². The van der Waals surface area contributed by atoms with Gasteiger partial charge >= 0.3 is 6.18 Å². The molecule has 2 aromatic rings. The minimum Gasteiger partial charge on any atom is -0.468 e. The highest BCUT2D eigenvalue weighted by Gasteiger charge is 2.32. The molecule has 11 heteroatoms. The van der Waals surface area contributed by atoms with E-state index in [-0.39, 0.29) is 37.1 Å². The van der Waals surface area contributed by atoms with Crippen molar-refractivity contribution in [2.75, 3.05) is 13.2 Å². The third kappa shape index (κ3) is 5.48. The van der Waals surface area contributed by atoms with E-state index in [1.807, 2.05) is 0 Å². The van der Waals surface area contributed by atoms with Crippen LogP contribution in [0.15, 0.2) is 24.5 Å². The number of aliphatic hydroxyl groups excluding tert-OH is 1. The van der Waals surface area contributed by atoms with Gasteiger partial charge in [0.2, 0.25) is 5.88 Å². The molecule has 31 heavy (non-hydrogen) atoms. The number of aryl methyl sites for hydroxylation is 1. The van der Waals surface area contributed by atoms with Crippen molar-refractivity contribution in [2.24, 2.45) is 0 Å². The van der Waals surface area contributed by atoms with Gasteiger partial charge in [-0.15, -0.1) is 0 Å². The molecule has 2 aromatic heterocycles. The Morgan fingerprint density at radius 1 is 1.39 bits per heavy atom. The van der Waals surface area contributed by atoms with Crippen molar-refractivity contribution in [1.82, 2.24) is 20.2 Å². The molecule has 2 N–H and O–H groups in total. The van der Waals surface area contributed by atoms with Crippen LogP contribution in [0.25, 0.3) is 0 Å². The summed E-state index contributed by atoms with van der Waals surface area (Å²) in [6, 6.07) is 3.13. The molecule has 8 nitrogen and oxygen atoms in total. The Hall–Kier alpha value is -3.21. The molecule has 0 aromatic carbocycles. The summed E-state index contributed by atoms with van der Waals surface area (Å²) in [6.45, 7) is 2.00. The zero-order valence-electron chi connectivity index (χ0n) is 16.9. The van der Waals surface area contributed by atoms with Crippen molar-refractivity contribution in [1.29, 1.82) is 0 Å². The molecule has 0 saturated heterocycles. The Labute approximate surface area is 176 Å². The standard InChI is InChI=1S/C20H21F3N4O4/c1-11-5-13(7-26-18(11)31-10-20(21,22)23)8-27-9-15-14(19(27)30)3-4-24-16(15)17(29)25-6-12(2)28/h3-5,7,12,28H,6,8-10H2,1-2H3,(H,25,29). The van der Waals surface area contributed by atoms with E-state index in [2.05, 4.69) is 15.3 Å². The number of carbonyl (C=O) groups is 2. The number of ether oxygens (including phenoxy) is 1. The Bertz CT molecular complexity index is 995. The summed E-state index contributed by atoms with van der Waals surface area (Å²) in [4.78, 5) is 34.6. The van der Waals surface area contributed by atoms with E-state index in [4.69, 9.17) is 4.74 Å². The number of amides is 2. The number of nitrogens with one attached hydrogen (secondary N) is 1. The number of rotatable bonds is 7. The molecule has 1 aliphatic rings. The van der Waals surface area contributed by atoms with E-state index < -0.39 is 24.8 Å². The maximum Gasteiger partial charge on any atom is 0.422 e. The van der Waals surface area contributed by atoms with Gasteiger partial charge < -0.3 is 20.1 Å². The van der Waals surface area contributed by atoms with Crippen molar-refractivity contribution < 1.29 is 32.6 Å². The van der Waals surface area contributed by atoms with E-state index in [0.29, 0.717) is 22.3 Å². The second kappa shape index (κ2) is 8.88. The number of pyridine rings is 2. The van der Waals surface area contributed by atoms with Crippen molar-refractivity contribution in [2.45, 2.75) is 39.2 Å². The molecule has 0 spiro atoms. The average Bonchev–Trinajstić information content (AvgIpc) is 3.00. The first kappa shape index (κ1) is 22.5. The van der Waals surface area contributed by atoms with Gasteiger partial charge in [-0.1, -0.05) is 0 Å². The van der Waals surface area contributed by atoms with E-state index in [9.17, 15) is 27.9 Å². The Morgan fingerprint density at radius 2 is 2.13 bits per heavy atom. The topological polar surface area (TPSA) is 105 Å². The van der Waals surface area contributed by atoms with Crippen LogP contribution in [0, 0.1) is 6.92 Å². The third-order valence-corrected chi connectivity index (χ3v) is 4.53. The molecule has 3 heterocycles. The molecule has 2 amide bonds. The normalized spacial score (nSPS) is 14.4. The van der Waals surface area contributed by atoms with Gasteiger partial charge in [-0.3, -0.25) is 14.6 Å². The van der Waals surface area contributed by atoms with Crippen LogP contribution in [0.4, 0.5) is 13.2 Å². The molecular formula is C20H21F3N4O4. The monoisotopic (exact) mass is 438 g/mol. The summed E-state index contributed by atoms with van der Waals surface area (Å²) in [6.07, 6.45) is -2.47. The lowest BCUT2D eigenvalue weighted by Crippen LogP contribution is -2.32. The van der Waals surface area contributed by atoms with E-state index >= 15 is 0 Å². The minimum atomic E-state index is -4.46. The van der Waals surface area contributed by atoms with Crippen LogP contribution in [-0.4, -0.2) is 57.2 Å². The second-order valence-electron chi connectivity index (χ2n) is 7.28. The molecule has 166 valence electrons. The highest BCUT2D eigenvalue weighted by Crippen LogP contribution is 2.27. The number of aliphatic hydroxyl groups is 1. The number of fused-ring (bicyclic) bond motifs is 1. The number of hydrogen-bond acceptors (Lipinski definition) is 6. The molecule has 1 aliphatic heterocycles. The second-order valence-corrected chi connectivity index (χ2v) is 7.28.